The molecule has 0 saturated carbocycles. The molecule has 0 atom stereocenters. The van der Waals surface area contributed by atoms with Crippen molar-refractivity contribution in [1.29, 1.82) is 0 Å². The zero-order chi connectivity index (χ0) is 13.8. The molecule has 0 saturated heterocycles. The highest BCUT2D eigenvalue weighted by Gasteiger charge is 2.11. The van der Waals surface area contributed by atoms with E-state index in [-0.39, 0.29) is 5.02 Å². The summed E-state index contributed by atoms with van der Waals surface area (Å²) in [6.07, 6.45) is 2.67. The van der Waals surface area contributed by atoms with Crippen LogP contribution in [0.3, 0.4) is 0 Å². The van der Waals surface area contributed by atoms with Gasteiger partial charge < -0.3 is 5.32 Å². The van der Waals surface area contributed by atoms with Gasteiger partial charge in [0.15, 0.2) is 0 Å². The van der Waals surface area contributed by atoms with Gasteiger partial charge in [0.25, 0.3) is 0 Å². The molecule has 2 rings (SSSR count). The van der Waals surface area contributed by atoms with E-state index < -0.39 is 5.82 Å². The van der Waals surface area contributed by atoms with Gasteiger partial charge in [-0.15, -0.1) is 0 Å². The highest BCUT2D eigenvalue weighted by Crippen LogP contribution is 2.20. The van der Waals surface area contributed by atoms with Crippen LogP contribution in [0.4, 0.5) is 4.39 Å². The quantitative estimate of drug-likeness (QED) is 0.911. The van der Waals surface area contributed by atoms with Crippen LogP contribution in [0, 0.1) is 5.82 Å². The minimum absolute atomic E-state index is 0.127. The molecule has 0 aliphatic rings. The Hall–Kier alpha value is -1.39. The molecule has 5 heteroatoms. The van der Waals surface area contributed by atoms with Gasteiger partial charge in [-0.25, -0.2) is 9.07 Å². The van der Waals surface area contributed by atoms with E-state index >= 15 is 0 Å². The normalized spacial score (nSPS) is 10.9. The minimum Gasteiger partial charge on any atom is -0.313 e. The van der Waals surface area contributed by atoms with Crippen molar-refractivity contribution in [1.82, 2.24) is 15.1 Å². The predicted octanol–water partition coefficient (Wildman–Crippen LogP) is 3.34. The molecule has 0 fully saturated rings. The van der Waals surface area contributed by atoms with Crippen molar-refractivity contribution in [2.75, 3.05) is 6.54 Å². The zero-order valence-corrected chi connectivity index (χ0v) is 11.8. The molecule has 19 heavy (non-hydrogen) atoms. The first-order chi connectivity index (χ1) is 9.17. The molecule has 1 aromatic heterocycles. The molecule has 3 nitrogen and oxygen atoms in total. The summed E-state index contributed by atoms with van der Waals surface area (Å²) in [6.45, 7) is 5.81. The first-order valence-electron chi connectivity index (χ1n) is 6.39. The number of benzene rings is 1. The van der Waals surface area contributed by atoms with Gasteiger partial charge in [0.05, 0.1) is 16.9 Å². The van der Waals surface area contributed by atoms with Gasteiger partial charge in [-0.05, 0) is 25.1 Å². The van der Waals surface area contributed by atoms with Crippen LogP contribution < -0.4 is 5.32 Å². The summed E-state index contributed by atoms with van der Waals surface area (Å²) in [5, 5.41) is 7.75. The van der Waals surface area contributed by atoms with Gasteiger partial charge in [0.1, 0.15) is 5.82 Å². The van der Waals surface area contributed by atoms with Gasteiger partial charge in [-0.2, -0.15) is 5.10 Å². The van der Waals surface area contributed by atoms with Crippen molar-refractivity contribution in [3.8, 4) is 5.69 Å². The fourth-order valence-electron chi connectivity index (χ4n) is 2.03. The fraction of sp³-hybridized carbons (Fsp3) is 0.357. The van der Waals surface area contributed by atoms with Crippen molar-refractivity contribution in [2.45, 2.75) is 26.8 Å². The maximum atomic E-state index is 13.5. The lowest BCUT2D eigenvalue weighted by atomic mass is 10.2. The van der Waals surface area contributed by atoms with Gasteiger partial charge in [0, 0.05) is 23.9 Å². The molecule has 0 bridgehead atoms. The lowest BCUT2D eigenvalue weighted by Gasteiger charge is -2.09. The average Bonchev–Trinajstić information content (AvgIpc) is 2.82. The average molecular weight is 282 g/mol. The van der Waals surface area contributed by atoms with Gasteiger partial charge in [-0.1, -0.05) is 25.4 Å². The van der Waals surface area contributed by atoms with Crippen LogP contribution in [-0.4, -0.2) is 16.3 Å². The number of nitrogens with zero attached hydrogens (tertiary/aromatic N) is 2. The van der Waals surface area contributed by atoms with Crippen LogP contribution in [0.15, 0.2) is 24.4 Å². The monoisotopic (exact) mass is 281 g/mol. The summed E-state index contributed by atoms with van der Waals surface area (Å²) in [5.41, 5.74) is 2.92. The Morgan fingerprint density at radius 3 is 2.79 bits per heavy atom. The van der Waals surface area contributed by atoms with Crippen LogP contribution in [0.5, 0.6) is 0 Å². The van der Waals surface area contributed by atoms with Crippen molar-refractivity contribution in [2.24, 2.45) is 0 Å². The molecule has 0 aliphatic heterocycles. The number of aromatic nitrogens is 2. The van der Waals surface area contributed by atoms with E-state index in [1.165, 1.54) is 6.07 Å². The second-order valence-corrected chi connectivity index (χ2v) is 4.67. The minimum atomic E-state index is -0.426. The number of hydrogen-bond acceptors (Lipinski definition) is 2. The lowest BCUT2D eigenvalue weighted by molar-refractivity contribution is 0.625. The fourth-order valence-corrected chi connectivity index (χ4v) is 2.15. The van der Waals surface area contributed by atoms with Crippen molar-refractivity contribution in [3.63, 3.8) is 0 Å². The van der Waals surface area contributed by atoms with Gasteiger partial charge >= 0.3 is 0 Å². The van der Waals surface area contributed by atoms with Crippen LogP contribution in [0.25, 0.3) is 5.69 Å². The molecular weight excluding hydrogens is 265 g/mol. The third-order valence-electron chi connectivity index (χ3n) is 3.00. The van der Waals surface area contributed by atoms with Crippen LogP contribution in [0.1, 0.15) is 25.1 Å². The van der Waals surface area contributed by atoms with E-state index in [1.807, 2.05) is 6.20 Å². The molecule has 0 unspecified atom stereocenters. The van der Waals surface area contributed by atoms with Crippen LogP contribution in [0.2, 0.25) is 5.02 Å². The Balaban J connectivity index is 2.38. The summed E-state index contributed by atoms with van der Waals surface area (Å²) in [4.78, 5) is 0. The third-order valence-corrected chi connectivity index (χ3v) is 3.31. The largest absolute Gasteiger partial charge is 0.313 e. The van der Waals surface area contributed by atoms with Crippen molar-refractivity contribution >= 4 is 11.6 Å². The molecular formula is C14H17ClFN3. The van der Waals surface area contributed by atoms with E-state index in [0.717, 1.165) is 30.8 Å². The molecule has 0 radical (unpaired) electrons. The van der Waals surface area contributed by atoms with Gasteiger partial charge in [-0.3, -0.25) is 0 Å². The summed E-state index contributed by atoms with van der Waals surface area (Å²) in [6, 6.07) is 4.73. The van der Waals surface area contributed by atoms with Crippen LogP contribution in [-0.2, 0) is 13.0 Å². The first-order valence-corrected chi connectivity index (χ1v) is 6.77. The predicted molar refractivity (Wildman–Crippen MR) is 75.3 cm³/mol. The summed E-state index contributed by atoms with van der Waals surface area (Å²) < 4.78 is 15.3. The van der Waals surface area contributed by atoms with E-state index in [4.69, 9.17) is 11.6 Å². The van der Waals surface area contributed by atoms with Crippen molar-refractivity contribution < 1.29 is 4.39 Å². The summed E-state index contributed by atoms with van der Waals surface area (Å²) in [5.74, 6) is -0.426. The second kappa shape index (κ2) is 6.17. The molecule has 0 amide bonds. The topological polar surface area (TPSA) is 29.9 Å². The molecule has 102 valence electrons. The molecule has 1 N–H and O–H groups in total. The maximum absolute atomic E-state index is 13.5. The Morgan fingerprint density at radius 2 is 2.16 bits per heavy atom. The number of rotatable bonds is 5. The molecule has 2 aromatic rings. The Kier molecular flexibility index (Phi) is 4.56. The Labute approximate surface area is 117 Å². The van der Waals surface area contributed by atoms with Crippen LogP contribution >= 0.6 is 11.6 Å². The van der Waals surface area contributed by atoms with Gasteiger partial charge in [0.2, 0.25) is 0 Å². The SMILES string of the molecule is CCNCc1cnn(-c2ccc(Cl)c(F)c2)c1CC. The molecule has 0 spiro atoms. The Bertz CT molecular complexity index is 566. The standard InChI is InChI=1S/C14H17ClFN3/c1-3-14-10(8-17-4-2)9-18-19(14)11-5-6-12(15)13(16)7-11/h5-7,9,17H,3-4,8H2,1-2H3. The number of nitrogens with one attached hydrogen (secondary N) is 1. The van der Waals surface area contributed by atoms with E-state index in [2.05, 4.69) is 24.3 Å². The molecule has 0 aliphatic carbocycles. The Morgan fingerprint density at radius 1 is 1.37 bits per heavy atom. The lowest BCUT2D eigenvalue weighted by Crippen LogP contribution is -2.13. The third kappa shape index (κ3) is 2.96. The molecule has 1 heterocycles. The highest BCUT2D eigenvalue weighted by molar-refractivity contribution is 6.30. The van der Waals surface area contributed by atoms with E-state index in [9.17, 15) is 4.39 Å². The van der Waals surface area contributed by atoms with Crippen molar-refractivity contribution in [3.05, 3.63) is 46.5 Å². The smallest absolute Gasteiger partial charge is 0.143 e. The highest BCUT2D eigenvalue weighted by atomic mass is 35.5. The maximum Gasteiger partial charge on any atom is 0.143 e. The number of hydrogen-bond donors (Lipinski definition) is 1. The second-order valence-electron chi connectivity index (χ2n) is 4.26. The first kappa shape index (κ1) is 14.0. The summed E-state index contributed by atoms with van der Waals surface area (Å²) in [7, 11) is 0. The number of halogens is 2. The molecule has 1 aromatic carbocycles. The zero-order valence-electron chi connectivity index (χ0n) is 11.1. The van der Waals surface area contributed by atoms with E-state index in [1.54, 1.807) is 16.8 Å². The van der Waals surface area contributed by atoms with E-state index in [0.29, 0.717) is 5.69 Å². The summed E-state index contributed by atoms with van der Waals surface area (Å²) >= 11 is 5.70.